The molecule has 148 valence electrons. The van der Waals surface area contributed by atoms with Gasteiger partial charge in [-0.25, -0.2) is 0 Å². The fraction of sp³-hybridized carbons (Fsp3) is 0.450. The highest BCUT2D eigenvalue weighted by molar-refractivity contribution is 14.0. The van der Waals surface area contributed by atoms with Crippen LogP contribution in [0.3, 0.4) is 0 Å². The van der Waals surface area contributed by atoms with Crippen molar-refractivity contribution in [2.24, 2.45) is 10.9 Å². The number of hydrogen-bond donors (Lipinski definition) is 2. The quantitative estimate of drug-likeness (QED) is 0.360. The van der Waals surface area contributed by atoms with Crippen LogP contribution in [-0.2, 0) is 6.54 Å². The van der Waals surface area contributed by atoms with Gasteiger partial charge in [-0.2, -0.15) is 0 Å². The number of guanidine groups is 1. The van der Waals surface area contributed by atoms with Crippen LogP contribution in [0.25, 0.3) is 0 Å². The number of aryl methyl sites for hydroxylation is 1. The van der Waals surface area contributed by atoms with Crippen LogP contribution in [0.2, 0.25) is 5.02 Å². The molecule has 1 aromatic carbocycles. The van der Waals surface area contributed by atoms with Crippen LogP contribution >= 0.6 is 35.6 Å². The van der Waals surface area contributed by atoms with Crippen LogP contribution < -0.4 is 15.5 Å². The molecule has 1 aliphatic rings. The average molecular weight is 502 g/mol. The van der Waals surface area contributed by atoms with Gasteiger partial charge in [-0.3, -0.25) is 4.99 Å². The summed E-state index contributed by atoms with van der Waals surface area (Å²) in [5.74, 6) is 1.48. The zero-order chi connectivity index (χ0) is 18.4. The van der Waals surface area contributed by atoms with E-state index in [1.54, 1.807) is 0 Å². The van der Waals surface area contributed by atoms with Gasteiger partial charge in [0.05, 0.1) is 0 Å². The highest BCUT2D eigenvalue weighted by Gasteiger charge is 2.23. The van der Waals surface area contributed by atoms with Gasteiger partial charge in [-0.05, 0) is 49.1 Å². The Hall–Kier alpha value is -1.41. The van der Waals surface area contributed by atoms with E-state index in [-0.39, 0.29) is 24.0 Å². The van der Waals surface area contributed by atoms with Crippen molar-refractivity contribution in [3.05, 3.63) is 53.3 Å². The predicted molar refractivity (Wildman–Crippen MR) is 126 cm³/mol. The Labute approximate surface area is 184 Å². The number of aliphatic imine (C=N–C) groups is 1. The number of benzene rings is 1. The minimum absolute atomic E-state index is 0. The molecule has 0 radical (unpaired) electrons. The molecule has 3 rings (SSSR count). The largest absolute Gasteiger partial charge is 0.371 e. The molecule has 1 fully saturated rings. The first-order chi connectivity index (χ1) is 12.7. The summed E-state index contributed by atoms with van der Waals surface area (Å²) in [4.78, 5) is 6.77. The predicted octanol–water partition coefficient (Wildman–Crippen LogP) is 3.76. The number of nitrogens with zero attached hydrogens (tertiary/aromatic N) is 3. The Kier molecular flexibility index (Phi) is 8.76. The van der Waals surface area contributed by atoms with Crippen LogP contribution in [0.5, 0.6) is 0 Å². The third-order valence-electron chi connectivity index (χ3n) is 4.91. The molecule has 2 heterocycles. The molecular weight excluding hydrogens is 473 g/mol. The number of nitrogens with one attached hydrogen (secondary N) is 2. The Morgan fingerprint density at radius 3 is 2.78 bits per heavy atom. The number of halogens is 2. The summed E-state index contributed by atoms with van der Waals surface area (Å²) in [6.45, 7) is 6.99. The van der Waals surface area contributed by atoms with E-state index in [2.05, 4.69) is 56.5 Å². The first-order valence-corrected chi connectivity index (χ1v) is 9.60. The molecule has 1 atom stereocenters. The van der Waals surface area contributed by atoms with Gasteiger partial charge in [0.25, 0.3) is 0 Å². The van der Waals surface area contributed by atoms with Crippen molar-refractivity contribution in [3.8, 4) is 0 Å². The topological polar surface area (TPSA) is 44.6 Å². The average Bonchev–Trinajstić information content (AvgIpc) is 3.32. The molecular formula is C20H29ClIN5. The summed E-state index contributed by atoms with van der Waals surface area (Å²) in [6, 6.07) is 10.2. The fourth-order valence-corrected chi connectivity index (χ4v) is 3.59. The molecule has 0 aliphatic carbocycles. The number of anilines is 1. The van der Waals surface area contributed by atoms with Crippen molar-refractivity contribution < 1.29 is 0 Å². The highest BCUT2D eigenvalue weighted by Crippen LogP contribution is 2.29. The van der Waals surface area contributed by atoms with E-state index in [1.165, 1.54) is 17.7 Å². The molecule has 27 heavy (non-hydrogen) atoms. The SMILES string of the molecule is CN=C(NCCn1cccc1)NCC1CCN(c2cc(Cl)ccc2C)C1.I. The maximum atomic E-state index is 6.17. The maximum absolute atomic E-state index is 6.17. The molecule has 5 nitrogen and oxygen atoms in total. The smallest absolute Gasteiger partial charge is 0.191 e. The van der Waals surface area contributed by atoms with Gasteiger partial charge < -0.3 is 20.1 Å². The van der Waals surface area contributed by atoms with E-state index in [4.69, 9.17) is 11.6 Å². The van der Waals surface area contributed by atoms with E-state index in [0.717, 1.165) is 43.7 Å². The maximum Gasteiger partial charge on any atom is 0.191 e. The second-order valence-electron chi connectivity index (χ2n) is 6.83. The molecule has 1 saturated heterocycles. The van der Waals surface area contributed by atoms with Crippen LogP contribution in [0.15, 0.2) is 47.7 Å². The van der Waals surface area contributed by atoms with Crippen LogP contribution in [0.1, 0.15) is 12.0 Å². The second kappa shape index (κ2) is 10.8. The van der Waals surface area contributed by atoms with Crippen molar-refractivity contribution in [3.63, 3.8) is 0 Å². The Morgan fingerprint density at radius 1 is 1.26 bits per heavy atom. The molecule has 7 heteroatoms. The zero-order valence-corrected chi connectivity index (χ0v) is 19.1. The van der Waals surface area contributed by atoms with E-state index in [1.807, 2.05) is 25.2 Å². The standard InChI is InChI=1S/C20H28ClN5.HI/c1-16-5-6-18(21)13-19(16)26-11-7-17(15-26)14-24-20(22-2)23-8-12-25-9-3-4-10-25;/h3-6,9-10,13,17H,7-8,11-12,14-15H2,1-2H3,(H2,22,23,24);1H. The van der Waals surface area contributed by atoms with Gasteiger partial charge >= 0.3 is 0 Å². The summed E-state index contributed by atoms with van der Waals surface area (Å²) in [5, 5.41) is 7.65. The van der Waals surface area contributed by atoms with Crippen molar-refractivity contribution in [1.29, 1.82) is 0 Å². The molecule has 1 aliphatic heterocycles. The lowest BCUT2D eigenvalue weighted by atomic mass is 10.1. The van der Waals surface area contributed by atoms with E-state index in [9.17, 15) is 0 Å². The van der Waals surface area contributed by atoms with E-state index in [0.29, 0.717) is 5.92 Å². The van der Waals surface area contributed by atoms with Crippen LogP contribution in [-0.4, -0.2) is 43.8 Å². The van der Waals surface area contributed by atoms with Gasteiger partial charge in [0.1, 0.15) is 0 Å². The number of rotatable bonds is 6. The van der Waals surface area contributed by atoms with Crippen molar-refractivity contribution in [1.82, 2.24) is 15.2 Å². The zero-order valence-electron chi connectivity index (χ0n) is 16.0. The molecule has 0 spiro atoms. The lowest BCUT2D eigenvalue weighted by Crippen LogP contribution is -2.41. The monoisotopic (exact) mass is 501 g/mol. The highest BCUT2D eigenvalue weighted by atomic mass is 127. The Morgan fingerprint density at radius 2 is 2.04 bits per heavy atom. The summed E-state index contributed by atoms with van der Waals surface area (Å²) in [7, 11) is 1.82. The molecule has 0 saturated carbocycles. The second-order valence-corrected chi connectivity index (χ2v) is 7.27. The fourth-order valence-electron chi connectivity index (χ4n) is 3.43. The minimum Gasteiger partial charge on any atom is -0.371 e. The van der Waals surface area contributed by atoms with Crippen molar-refractivity contribution >= 4 is 47.2 Å². The molecule has 1 unspecified atom stereocenters. The summed E-state index contributed by atoms with van der Waals surface area (Å²) < 4.78 is 2.16. The lowest BCUT2D eigenvalue weighted by molar-refractivity contribution is 0.563. The first kappa shape index (κ1) is 21.9. The summed E-state index contributed by atoms with van der Waals surface area (Å²) in [5.41, 5.74) is 2.54. The molecule has 0 amide bonds. The lowest BCUT2D eigenvalue weighted by Gasteiger charge is -2.21. The van der Waals surface area contributed by atoms with Crippen LogP contribution in [0.4, 0.5) is 5.69 Å². The summed E-state index contributed by atoms with van der Waals surface area (Å²) in [6.07, 6.45) is 5.32. The van der Waals surface area contributed by atoms with Crippen molar-refractivity contribution in [2.45, 2.75) is 19.9 Å². The van der Waals surface area contributed by atoms with E-state index < -0.39 is 0 Å². The number of hydrogen-bond acceptors (Lipinski definition) is 2. The van der Waals surface area contributed by atoms with Gasteiger partial charge in [0, 0.05) is 62.9 Å². The molecule has 1 aromatic heterocycles. The van der Waals surface area contributed by atoms with Crippen LogP contribution in [0, 0.1) is 12.8 Å². The third-order valence-corrected chi connectivity index (χ3v) is 5.14. The number of aromatic nitrogens is 1. The van der Waals surface area contributed by atoms with E-state index >= 15 is 0 Å². The Balaban J connectivity index is 0.00000261. The summed E-state index contributed by atoms with van der Waals surface area (Å²) >= 11 is 6.17. The first-order valence-electron chi connectivity index (χ1n) is 9.22. The van der Waals surface area contributed by atoms with Gasteiger partial charge in [-0.15, -0.1) is 24.0 Å². The molecule has 0 bridgehead atoms. The normalized spacial score (nSPS) is 16.9. The van der Waals surface area contributed by atoms with Gasteiger partial charge in [0.2, 0.25) is 0 Å². The third kappa shape index (κ3) is 6.31. The molecule has 2 aromatic rings. The van der Waals surface area contributed by atoms with Crippen molar-refractivity contribution in [2.75, 3.05) is 38.1 Å². The van der Waals surface area contributed by atoms with Gasteiger partial charge in [-0.1, -0.05) is 17.7 Å². The molecule has 2 N–H and O–H groups in total. The van der Waals surface area contributed by atoms with Gasteiger partial charge in [0.15, 0.2) is 5.96 Å². The Bertz CT molecular complexity index is 732. The minimum atomic E-state index is 0.